The number of hydrogen-bond acceptors (Lipinski definition) is 10. The predicted molar refractivity (Wildman–Crippen MR) is 181 cm³/mol. The van der Waals surface area contributed by atoms with Crippen LogP contribution in [0, 0.1) is 11.8 Å². The highest BCUT2D eigenvalue weighted by Gasteiger charge is 2.33. The number of aliphatic hydroxyl groups excluding tert-OH is 1. The minimum Gasteiger partial charge on any atom is -0.427 e. The third-order valence-corrected chi connectivity index (χ3v) is 8.41. The summed E-state index contributed by atoms with van der Waals surface area (Å²) in [5, 5.41) is 33.7. The van der Waals surface area contributed by atoms with Crippen LogP contribution in [0.2, 0.25) is 5.82 Å². The molecule has 0 spiro atoms. The summed E-state index contributed by atoms with van der Waals surface area (Å²) < 4.78 is 0. The molecule has 0 aliphatic rings. The van der Waals surface area contributed by atoms with Crippen LogP contribution in [0.4, 0.5) is 0 Å². The van der Waals surface area contributed by atoms with E-state index in [9.17, 15) is 43.9 Å². The van der Waals surface area contributed by atoms with Gasteiger partial charge in [-0.2, -0.15) is 0 Å². The van der Waals surface area contributed by atoms with Crippen molar-refractivity contribution in [2.45, 2.75) is 154 Å². The molecule has 0 radical (unpaired) electrons. The van der Waals surface area contributed by atoms with Crippen molar-refractivity contribution in [1.29, 1.82) is 0 Å². The first-order valence-electron chi connectivity index (χ1n) is 17.3. The lowest BCUT2D eigenvalue weighted by atomic mass is 9.71. The fraction of sp³-hybridized carbons (Fsp3) is 0.818. The van der Waals surface area contributed by atoms with Gasteiger partial charge in [0.1, 0.15) is 11.8 Å². The van der Waals surface area contributed by atoms with Crippen molar-refractivity contribution < 1.29 is 43.9 Å². The number of nitrogens with one attached hydrogen (secondary N) is 2. The molecule has 0 rings (SSSR count). The Morgan fingerprint density at radius 2 is 1.23 bits per heavy atom. The average molecular weight is 669 g/mol. The number of hydrogen-bond donors (Lipinski definition) is 7. The van der Waals surface area contributed by atoms with Crippen LogP contribution in [-0.4, -0.2) is 82.1 Å². The first-order valence-corrected chi connectivity index (χ1v) is 17.3. The fourth-order valence-electron chi connectivity index (χ4n) is 5.23. The number of Topliss-reactive ketones (excluding diaryl/α,β-unsaturated/α-hetero) is 3. The second-order valence-electron chi connectivity index (χ2n) is 13.1. The van der Waals surface area contributed by atoms with E-state index in [1.807, 2.05) is 0 Å². The lowest BCUT2D eigenvalue weighted by Crippen LogP contribution is -2.52. The molecule has 9 N–H and O–H groups in total. The van der Waals surface area contributed by atoms with Crippen LogP contribution in [0.5, 0.6) is 0 Å². The molecule has 0 unspecified atom stereocenters. The zero-order valence-electron chi connectivity index (χ0n) is 29.0. The normalized spacial score (nSPS) is 15.1. The largest absolute Gasteiger partial charge is 0.454 e. The van der Waals surface area contributed by atoms with Gasteiger partial charge in [0.2, 0.25) is 17.7 Å². The van der Waals surface area contributed by atoms with Gasteiger partial charge in [0.15, 0.2) is 11.6 Å². The number of rotatable bonds is 29. The first kappa shape index (κ1) is 44.3. The molecule has 0 saturated carbocycles. The van der Waals surface area contributed by atoms with Gasteiger partial charge in [-0.05, 0) is 19.2 Å². The van der Waals surface area contributed by atoms with E-state index in [0.717, 1.165) is 25.7 Å². The molecular formula is C33H61BN4O9. The second-order valence-corrected chi connectivity index (χ2v) is 13.1. The van der Waals surface area contributed by atoms with Gasteiger partial charge in [0, 0.05) is 38.1 Å². The lowest BCUT2D eigenvalue weighted by Gasteiger charge is -2.25. The molecule has 0 heterocycles. The third-order valence-electron chi connectivity index (χ3n) is 8.41. The van der Waals surface area contributed by atoms with Gasteiger partial charge < -0.3 is 37.3 Å². The second kappa shape index (κ2) is 25.4. The Labute approximate surface area is 280 Å². The van der Waals surface area contributed by atoms with E-state index < -0.39 is 85.1 Å². The molecular weight excluding hydrogens is 607 g/mol. The van der Waals surface area contributed by atoms with Crippen molar-refractivity contribution in [2.24, 2.45) is 23.3 Å². The molecule has 0 saturated heterocycles. The first-order chi connectivity index (χ1) is 22.1. The number of unbranched alkanes of at least 4 members (excludes halogenated alkanes) is 10. The molecule has 0 aromatic heterocycles. The Hall–Kier alpha value is -2.68. The van der Waals surface area contributed by atoms with Gasteiger partial charge >= 0.3 is 7.12 Å². The molecule has 0 fully saturated rings. The van der Waals surface area contributed by atoms with E-state index in [0.29, 0.717) is 6.42 Å². The van der Waals surface area contributed by atoms with E-state index in [2.05, 4.69) is 17.6 Å². The van der Waals surface area contributed by atoms with E-state index in [1.165, 1.54) is 65.7 Å². The summed E-state index contributed by atoms with van der Waals surface area (Å²) in [7, 11) is -1.78. The van der Waals surface area contributed by atoms with Crippen molar-refractivity contribution in [1.82, 2.24) is 10.6 Å². The topological polar surface area (TPSA) is 239 Å². The van der Waals surface area contributed by atoms with Crippen LogP contribution in [0.15, 0.2) is 0 Å². The number of carbonyl (C=O) groups is 6. The molecule has 14 heteroatoms. The SMILES string of the molecule is CCCCCCCCCCCCCC(=O)C[C@@H](CN)C(=O)N[C@H](C(=O)C[C@@H](C)C(=O)N[C@@H](CC(N)=O)C(=O)C[C@@H](C)B(O)O)[C@@H](C)O. The zero-order chi connectivity index (χ0) is 35.9. The summed E-state index contributed by atoms with van der Waals surface area (Å²) >= 11 is 0. The summed E-state index contributed by atoms with van der Waals surface area (Å²) in [5.41, 5.74) is 11.0. The van der Waals surface area contributed by atoms with Crippen molar-refractivity contribution in [3.8, 4) is 0 Å². The molecule has 47 heavy (non-hydrogen) atoms. The molecule has 0 aromatic carbocycles. The number of carbonyl (C=O) groups excluding carboxylic acids is 6. The maximum absolute atomic E-state index is 13.1. The van der Waals surface area contributed by atoms with Gasteiger partial charge in [-0.3, -0.25) is 28.8 Å². The number of nitrogens with two attached hydrogens (primary N) is 2. The minimum atomic E-state index is -1.78. The monoisotopic (exact) mass is 668 g/mol. The summed E-state index contributed by atoms with van der Waals surface area (Å²) in [4.78, 5) is 75.5. The molecule has 0 aliphatic heterocycles. The molecule has 6 atom stereocenters. The van der Waals surface area contributed by atoms with E-state index >= 15 is 0 Å². The van der Waals surface area contributed by atoms with Crippen LogP contribution >= 0.6 is 0 Å². The summed E-state index contributed by atoms with van der Waals surface area (Å²) in [6, 6.07) is -2.71. The van der Waals surface area contributed by atoms with Crippen LogP contribution in [0.1, 0.15) is 130 Å². The molecule has 0 bridgehead atoms. The molecule has 0 aromatic rings. The highest BCUT2D eigenvalue weighted by atomic mass is 16.4. The summed E-state index contributed by atoms with van der Waals surface area (Å²) in [6.45, 7) is 6.19. The van der Waals surface area contributed by atoms with Crippen LogP contribution in [0.3, 0.4) is 0 Å². The summed E-state index contributed by atoms with van der Waals surface area (Å²) in [6.07, 6.45) is 10.4. The van der Waals surface area contributed by atoms with Gasteiger partial charge in [-0.15, -0.1) is 0 Å². The standard InChI is InChI=1S/C33H61BN4O9/c1-5-6-7-8-9-10-11-12-13-14-15-16-26(40)19-25(21-35)33(45)38-31(24(4)39)29(42)17-22(2)32(44)37-27(20-30(36)43)28(41)18-23(3)34(46)47/h22-25,27,31,39,46-47H,5-21,35H2,1-4H3,(H2,36,43)(H,37,44)(H,38,45)/t22-,23-,24-,25+,27+,31+/m1/s1. The van der Waals surface area contributed by atoms with E-state index in [4.69, 9.17) is 11.5 Å². The van der Waals surface area contributed by atoms with Gasteiger partial charge in [-0.25, -0.2) is 0 Å². The Morgan fingerprint density at radius 1 is 0.702 bits per heavy atom. The Kier molecular flexibility index (Phi) is 23.9. The third kappa shape index (κ3) is 20.3. The predicted octanol–water partition coefficient (Wildman–Crippen LogP) is 1.86. The Morgan fingerprint density at radius 3 is 1.70 bits per heavy atom. The Balaban J connectivity index is 4.89. The maximum atomic E-state index is 13.1. The molecule has 3 amide bonds. The van der Waals surface area contributed by atoms with Crippen molar-refractivity contribution in [3.63, 3.8) is 0 Å². The van der Waals surface area contributed by atoms with Crippen molar-refractivity contribution >= 4 is 42.2 Å². The van der Waals surface area contributed by atoms with Crippen molar-refractivity contribution in [2.75, 3.05) is 6.54 Å². The highest BCUT2D eigenvalue weighted by molar-refractivity contribution is 6.43. The van der Waals surface area contributed by atoms with Crippen LogP contribution < -0.4 is 22.1 Å². The quantitative estimate of drug-likeness (QED) is 0.0451. The summed E-state index contributed by atoms with van der Waals surface area (Å²) in [5.74, 6) is -6.44. The number of primary amides is 1. The van der Waals surface area contributed by atoms with Crippen molar-refractivity contribution in [3.05, 3.63) is 0 Å². The smallest absolute Gasteiger partial charge is 0.427 e. The van der Waals surface area contributed by atoms with E-state index in [-0.39, 0.29) is 25.2 Å². The molecule has 270 valence electrons. The van der Waals surface area contributed by atoms with Gasteiger partial charge in [0.05, 0.1) is 24.5 Å². The zero-order valence-corrected chi connectivity index (χ0v) is 29.0. The lowest BCUT2D eigenvalue weighted by molar-refractivity contribution is -0.136. The maximum Gasteiger partial charge on any atom is 0.454 e. The Bertz CT molecular complexity index is 980. The minimum absolute atomic E-state index is 0.0825. The molecule has 13 nitrogen and oxygen atoms in total. The van der Waals surface area contributed by atoms with E-state index in [1.54, 1.807) is 0 Å². The number of amides is 3. The fourth-order valence-corrected chi connectivity index (χ4v) is 5.23. The van der Waals surface area contributed by atoms with Crippen LogP contribution in [0.25, 0.3) is 0 Å². The van der Waals surface area contributed by atoms with Gasteiger partial charge in [-0.1, -0.05) is 85.0 Å². The number of aliphatic hydroxyl groups is 1. The average Bonchev–Trinajstić information content (AvgIpc) is 2.99. The number of ketones is 3. The highest BCUT2D eigenvalue weighted by Crippen LogP contribution is 2.17. The van der Waals surface area contributed by atoms with Crippen LogP contribution in [-0.2, 0) is 28.8 Å². The van der Waals surface area contributed by atoms with Gasteiger partial charge in [0.25, 0.3) is 0 Å². The molecule has 0 aliphatic carbocycles.